The Labute approximate surface area is 98.6 Å². The molecule has 1 aliphatic carbocycles. The summed E-state index contributed by atoms with van der Waals surface area (Å²) in [6.07, 6.45) is 7.08. The Hall–Kier alpha value is -0.760. The zero-order valence-corrected chi connectivity index (χ0v) is 10.6. The fourth-order valence-corrected chi connectivity index (χ4v) is 3.19. The predicted octanol–water partition coefficient (Wildman–Crippen LogP) is 2.56. The lowest BCUT2D eigenvalue weighted by molar-refractivity contribution is 0.109. The molecule has 1 heterocycles. The largest absolute Gasteiger partial charge is 0.395 e. The van der Waals surface area contributed by atoms with E-state index < -0.39 is 0 Å². The van der Waals surface area contributed by atoms with E-state index in [0.29, 0.717) is 12.0 Å². The van der Waals surface area contributed by atoms with E-state index in [1.807, 2.05) is 0 Å². The molecule has 0 bridgehead atoms. The molecule has 0 amide bonds. The van der Waals surface area contributed by atoms with Crippen molar-refractivity contribution < 1.29 is 5.11 Å². The number of nitrogens with zero attached hydrogens (tertiary/aromatic N) is 1. The van der Waals surface area contributed by atoms with Gasteiger partial charge in [-0.3, -0.25) is 0 Å². The molecule has 1 aliphatic heterocycles. The third-order valence-electron chi connectivity index (χ3n) is 4.05. The zero-order chi connectivity index (χ0) is 11.7. The highest BCUT2D eigenvalue weighted by atomic mass is 16.3. The third-order valence-corrected chi connectivity index (χ3v) is 4.05. The maximum absolute atomic E-state index is 9.17. The Balaban J connectivity index is 2.27. The molecule has 1 saturated heterocycles. The van der Waals surface area contributed by atoms with Crippen molar-refractivity contribution in [3.8, 4) is 0 Å². The van der Waals surface area contributed by atoms with E-state index in [2.05, 4.69) is 37.8 Å². The molecule has 0 aromatic carbocycles. The van der Waals surface area contributed by atoms with Gasteiger partial charge in [0.15, 0.2) is 0 Å². The summed E-state index contributed by atoms with van der Waals surface area (Å²) in [4.78, 5) is 2.40. The summed E-state index contributed by atoms with van der Waals surface area (Å²) in [5, 5.41) is 9.17. The van der Waals surface area contributed by atoms with Gasteiger partial charge in [-0.15, -0.1) is 0 Å². The molecule has 0 saturated carbocycles. The second-order valence-electron chi connectivity index (χ2n) is 5.34. The van der Waals surface area contributed by atoms with Gasteiger partial charge in [-0.05, 0) is 38.7 Å². The lowest BCUT2D eigenvalue weighted by atomic mass is 9.76. The van der Waals surface area contributed by atoms with E-state index in [-0.39, 0.29) is 6.61 Å². The van der Waals surface area contributed by atoms with E-state index in [4.69, 9.17) is 0 Å². The highest BCUT2D eigenvalue weighted by Gasteiger charge is 2.34. The standard InChI is InChI=1S/C14H23NO/c1-10-4-5-13-11(2)9-12(3)15(6-7-16)14(13)8-10/h4,8,11-13,16H,5-7,9H2,1-3H3. The van der Waals surface area contributed by atoms with Crippen molar-refractivity contribution in [1.82, 2.24) is 4.90 Å². The van der Waals surface area contributed by atoms with Crippen LogP contribution in [0.5, 0.6) is 0 Å². The number of hydrogen-bond donors (Lipinski definition) is 1. The van der Waals surface area contributed by atoms with Gasteiger partial charge in [0.25, 0.3) is 0 Å². The van der Waals surface area contributed by atoms with Gasteiger partial charge in [0.05, 0.1) is 6.61 Å². The number of aliphatic hydroxyl groups excluding tert-OH is 1. The third kappa shape index (κ3) is 2.03. The fraction of sp³-hybridized carbons (Fsp3) is 0.714. The number of likely N-dealkylation sites (tertiary alicyclic amines) is 1. The van der Waals surface area contributed by atoms with E-state index in [1.165, 1.54) is 24.1 Å². The molecule has 2 nitrogen and oxygen atoms in total. The molecular formula is C14H23NO. The number of fused-ring (bicyclic) bond motifs is 1. The molecule has 1 fully saturated rings. The maximum atomic E-state index is 9.17. The molecule has 2 heteroatoms. The van der Waals surface area contributed by atoms with E-state index in [1.54, 1.807) is 0 Å². The number of rotatable bonds is 2. The average Bonchev–Trinajstić information content (AvgIpc) is 2.23. The van der Waals surface area contributed by atoms with Crippen molar-refractivity contribution in [3.63, 3.8) is 0 Å². The first-order valence-electron chi connectivity index (χ1n) is 6.39. The first-order valence-corrected chi connectivity index (χ1v) is 6.39. The van der Waals surface area contributed by atoms with E-state index in [0.717, 1.165) is 12.5 Å². The van der Waals surface area contributed by atoms with Gasteiger partial charge in [-0.25, -0.2) is 0 Å². The van der Waals surface area contributed by atoms with Crippen LogP contribution < -0.4 is 0 Å². The van der Waals surface area contributed by atoms with Crippen LogP contribution in [0.15, 0.2) is 23.4 Å². The van der Waals surface area contributed by atoms with Gasteiger partial charge in [-0.1, -0.05) is 18.6 Å². The highest BCUT2D eigenvalue weighted by molar-refractivity contribution is 5.29. The van der Waals surface area contributed by atoms with Gasteiger partial charge in [0, 0.05) is 24.2 Å². The second kappa shape index (κ2) is 4.62. The van der Waals surface area contributed by atoms with Crippen LogP contribution in [0.2, 0.25) is 0 Å². The van der Waals surface area contributed by atoms with E-state index in [9.17, 15) is 5.11 Å². The molecule has 0 aromatic heterocycles. The molecule has 3 atom stereocenters. The predicted molar refractivity (Wildman–Crippen MR) is 67.0 cm³/mol. The summed E-state index contributed by atoms with van der Waals surface area (Å²) >= 11 is 0. The zero-order valence-electron chi connectivity index (χ0n) is 10.6. The van der Waals surface area contributed by atoms with Crippen LogP contribution in [0.3, 0.4) is 0 Å². The second-order valence-corrected chi connectivity index (χ2v) is 5.34. The molecule has 2 aliphatic rings. The van der Waals surface area contributed by atoms with Crippen molar-refractivity contribution in [3.05, 3.63) is 23.4 Å². The van der Waals surface area contributed by atoms with Crippen molar-refractivity contribution in [1.29, 1.82) is 0 Å². The van der Waals surface area contributed by atoms with Gasteiger partial charge in [-0.2, -0.15) is 0 Å². The van der Waals surface area contributed by atoms with Gasteiger partial charge >= 0.3 is 0 Å². The number of β-amino-alcohol motifs (C(OH)–C–C–N with tert-alkyl or cyclic N) is 1. The summed E-state index contributed by atoms with van der Waals surface area (Å²) in [5.74, 6) is 1.44. The molecule has 2 rings (SSSR count). The average molecular weight is 221 g/mol. The lowest BCUT2D eigenvalue weighted by Gasteiger charge is -2.46. The normalized spacial score (nSPS) is 34.2. The van der Waals surface area contributed by atoms with Crippen LogP contribution in [-0.2, 0) is 0 Å². The maximum Gasteiger partial charge on any atom is 0.0606 e. The number of hydrogen-bond acceptors (Lipinski definition) is 2. The van der Waals surface area contributed by atoms with Crippen molar-refractivity contribution in [2.75, 3.05) is 13.2 Å². The minimum atomic E-state index is 0.255. The van der Waals surface area contributed by atoms with Gasteiger partial charge in [0.1, 0.15) is 0 Å². The number of aliphatic hydroxyl groups is 1. The Morgan fingerprint density at radius 3 is 2.88 bits per heavy atom. The minimum Gasteiger partial charge on any atom is -0.395 e. The molecule has 1 N–H and O–H groups in total. The summed E-state index contributed by atoms with van der Waals surface area (Å²) < 4.78 is 0. The Bertz CT molecular complexity index is 319. The van der Waals surface area contributed by atoms with Gasteiger partial charge < -0.3 is 10.0 Å². The highest BCUT2D eigenvalue weighted by Crippen LogP contribution is 2.40. The quantitative estimate of drug-likeness (QED) is 0.774. The minimum absolute atomic E-state index is 0.255. The smallest absolute Gasteiger partial charge is 0.0606 e. The number of allylic oxidation sites excluding steroid dienone is 4. The van der Waals surface area contributed by atoms with Crippen LogP contribution in [-0.4, -0.2) is 29.2 Å². The monoisotopic (exact) mass is 221 g/mol. The fourth-order valence-electron chi connectivity index (χ4n) is 3.19. The molecule has 3 unspecified atom stereocenters. The van der Waals surface area contributed by atoms with Gasteiger partial charge in [0.2, 0.25) is 0 Å². The first kappa shape index (κ1) is 11.7. The van der Waals surface area contributed by atoms with Crippen LogP contribution in [0, 0.1) is 11.8 Å². The summed E-state index contributed by atoms with van der Waals surface area (Å²) in [6.45, 7) is 7.84. The van der Waals surface area contributed by atoms with Crippen LogP contribution in [0.1, 0.15) is 33.6 Å². The summed E-state index contributed by atoms with van der Waals surface area (Å²) in [7, 11) is 0. The molecular weight excluding hydrogens is 198 g/mol. The molecule has 0 aromatic rings. The van der Waals surface area contributed by atoms with Crippen LogP contribution >= 0.6 is 0 Å². The molecule has 16 heavy (non-hydrogen) atoms. The van der Waals surface area contributed by atoms with Crippen molar-refractivity contribution in [2.24, 2.45) is 11.8 Å². The van der Waals surface area contributed by atoms with Crippen molar-refractivity contribution >= 4 is 0 Å². The molecule has 0 spiro atoms. The summed E-state index contributed by atoms with van der Waals surface area (Å²) in [6, 6.07) is 0.565. The molecule has 0 radical (unpaired) electrons. The Morgan fingerprint density at radius 2 is 2.19 bits per heavy atom. The first-order chi connectivity index (χ1) is 7.63. The van der Waals surface area contributed by atoms with Crippen LogP contribution in [0.25, 0.3) is 0 Å². The van der Waals surface area contributed by atoms with Crippen molar-refractivity contribution in [2.45, 2.75) is 39.7 Å². The Kier molecular flexibility index (Phi) is 3.38. The topological polar surface area (TPSA) is 23.5 Å². The van der Waals surface area contributed by atoms with E-state index >= 15 is 0 Å². The van der Waals surface area contributed by atoms with Crippen LogP contribution in [0.4, 0.5) is 0 Å². The lowest BCUT2D eigenvalue weighted by Crippen LogP contribution is -2.45. The molecule has 90 valence electrons. The Morgan fingerprint density at radius 1 is 1.44 bits per heavy atom. The summed E-state index contributed by atoms with van der Waals surface area (Å²) in [5.41, 5.74) is 2.83. The number of piperidine rings is 1. The SMILES string of the molecule is CC1=CCC2C(=C1)N(CCO)C(C)CC2C.